The van der Waals surface area contributed by atoms with Gasteiger partial charge >= 0.3 is 24.1 Å². The highest BCUT2D eigenvalue weighted by Crippen LogP contribution is 2.38. The number of hydrogen-bond donors (Lipinski definition) is 3. The summed E-state index contributed by atoms with van der Waals surface area (Å²) in [5.41, 5.74) is -1.44. The number of benzene rings is 3. The van der Waals surface area contributed by atoms with Gasteiger partial charge < -0.3 is 20.4 Å². The Hall–Kier alpha value is -5.38. The molecule has 1 fully saturated rings. The molecule has 0 saturated carbocycles. The zero-order chi connectivity index (χ0) is 31.7. The average Bonchev–Trinajstić information content (AvgIpc) is 3.11. The number of nitriles is 1. The fraction of sp³-hybridized carbons (Fsp3) is 0.233. The standard InChI is InChI=1S/C30H25F3N4O6/c1-29(2)27(42)37(21-12-9-18(15-34)23(14-21)30(31,32)33)28(43)36(29)16-19-5-3-4-6-24(19)35-20-10-7-17(8-11-20)13-22(25(38)39)26(40)41/h3-12,14,22,35H,13,16H2,1-2H3,(H,38,39)(H,40,41). The lowest BCUT2D eigenvalue weighted by atomic mass is 9.99. The predicted molar refractivity (Wildman–Crippen MR) is 147 cm³/mol. The number of para-hydroxylation sites is 1. The molecule has 0 aromatic heterocycles. The SMILES string of the molecule is CC1(C)C(=O)N(c2ccc(C#N)c(C(F)(F)F)c2)C(=O)N1Cc1ccccc1Nc1ccc(CC(C(=O)O)C(=O)O)cc1. The summed E-state index contributed by atoms with van der Waals surface area (Å²) in [4.78, 5) is 51.2. The van der Waals surface area contributed by atoms with Crippen molar-refractivity contribution in [1.82, 2.24) is 4.90 Å². The van der Waals surface area contributed by atoms with Gasteiger partial charge in [0, 0.05) is 11.4 Å². The normalized spacial score (nSPS) is 14.6. The largest absolute Gasteiger partial charge is 0.481 e. The first-order chi connectivity index (χ1) is 20.1. The fourth-order valence-corrected chi connectivity index (χ4v) is 4.68. The van der Waals surface area contributed by atoms with Crippen molar-refractivity contribution < 1.29 is 42.6 Å². The molecule has 0 radical (unpaired) electrons. The van der Waals surface area contributed by atoms with E-state index in [0.717, 1.165) is 12.1 Å². The lowest BCUT2D eigenvalue weighted by molar-refractivity contribution is -0.154. The Balaban J connectivity index is 1.58. The minimum atomic E-state index is -4.88. The molecule has 1 aliphatic heterocycles. The lowest BCUT2D eigenvalue weighted by Gasteiger charge is -2.28. The predicted octanol–water partition coefficient (Wildman–Crippen LogP) is 5.40. The number of alkyl halides is 3. The number of carboxylic acid groups (broad SMARTS) is 2. The molecule has 0 bridgehead atoms. The quantitative estimate of drug-likeness (QED) is 0.220. The smallest absolute Gasteiger partial charge is 0.417 e. The number of nitrogens with zero attached hydrogens (tertiary/aromatic N) is 3. The summed E-state index contributed by atoms with van der Waals surface area (Å²) in [6.45, 7) is 2.88. The monoisotopic (exact) mass is 594 g/mol. The van der Waals surface area contributed by atoms with E-state index in [-0.39, 0.29) is 18.7 Å². The Morgan fingerprint density at radius 1 is 1.00 bits per heavy atom. The number of urea groups is 1. The van der Waals surface area contributed by atoms with Crippen molar-refractivity contribution in [2.75, 3.05) is 10.2 Å². The van der Waals surface area contributed by atoms with Crippen LogP contribution in [-0.4, -0.2) is 44.5 Å². The Labute approximate surface area is 243 Å². The highest BCUT2D eigenvalue weighted by Gasteiger charge is 2.52. The molecule has 0 unspecified atom stereocenters. The summed E-state index contributed by atoms with van der Waals surface area (Å²) in [6.07, 6.45) is -5.08. The molecule has 13 heteroatoms. The van der Waals surface area contributed by atoms with Gasteiger partial charge in [-0.1, -0.05) is 30.3 Å². The molecule has 1 aliphatic rings. The van der Waals surface area contributed by atoms with E-state index in [2.05, 4.69) is 5.32 Å². The van der Waals surface area contributed by atoms with E-state index in [0.29, 0.717) is 33.5 Å². The first-order valence-corrected chi connectivity index (χ1v) is 12.8. The topological polar surface area (TPSA) is 151 Å². The number of carbonyl (C=O) groups is 4. The molecule has 3 amide bonds. The maximum Gasteiger partial charge on any atom is 0.417 e. The van der Waals surface area contributed by atoms with Crippen LogP contribution in [0.15, 0.2) is 66.7 Å². The number of carboxylic acids is 2. The van der Waals surface area contributed by atoms with Crippen molar-refractivity contribution >= 4 is 40.9 Å². The molecular weight excluding hydrogens is 569 g/mol. The Morgan fingerprint density at radius 3 is 2.21 bits per heavy atom. The molecule has 0 aliphatic carbocycles. The van der Waals surface area contributed by atoms with Crippen LogP contribution in [0.25, 0.3) is 0 Å². The van der Waals surface area contributed by atoms with Gasteiger partial charge in [0.05, 0.1) is 29.4 Å². The number of aliphatic carboxylic acids is 2. The molecule has 3 aromatic carbocycles. The van der Waals surface area contributed by atoms with E-state index in [1.807, 2.05) is 0 Å². The van der Waals surface area contributed by atoms with Crippen LogP contribution in [0.2, 0.25) is 0 Å². The first kappa shape index (κ1) is 30.6. The number of imide groups is 1. The minimum Gasteiger partial charge on any atom is -0.481 e. The number of amides is 3. The molecule has 3 aromatic rings. The summed E-state index contributed by atoms with van der Waals surface area (Å²) in [6, 6.07) is 16.6. The van der Waals surface area contributed by atoms with E-state index in [1.54, 1.807) is 48.5 Å². The highest BCUT2D eigenvalue weighted by molar-refractivity contribution is 6.23. The summed E-state index contributed by atoms with van der Waals surface area (Å²) >= 11 is 0. The van der Waals surface area contributed by atoms with E-state index in [9.17, 15) is 32.3 Å². The second kappa shape index (κ2) is 11.5. The number of hydrogen-bond acceptors (Lipinski definition) is 6. The Bertz CT molecular complexity index is 1630. The van der Waals surface area contributed by atoms with Crippen molar-refractivity contribution in [1.29, 1.82) is 5.26 Å². The van der Waals surface area contributed by atoms with Gasteiger partial charge in [-0.15, -0.1) is 0 Å². The van der Waals surface area contributed by atoms with Gasteiger partial charge in [0.15, 0.2) is 5.92 Å². The molecule has 1 saturated heterocycles. The molecule has 3 N–H and O–H groups in total. The molecular formula is C30H25F3N4O6. The van der Waals surface area contributed by atoms with Crippen LogP contribution in [-0.2, 0) is 33.5 Å². The third-order valence-corrected chi connectivity index (χ3v) is 7.13. The zero-order valence-electron chi connectivity index (χ0n) is 22.8. The number of halogens is 3. The Kier molecular flexibility index (Phi) is 8.16. The maximum absolute atomic E-state index is 13.6. The lowest BCUT2D eigenvalue weighted by Crippen LogP contribution is -2.43. The van der Waals surface area contributed by atoms with Gasteiger partial charge in [-0.2, -0.15) is 18.4 Å². The van der Waals surface area contributed by atoms with Crippen LogP contribution >= 0.6 is 0 Å². The summed E-state index contributed by atoms with van der Waals surface area (Å²) in [5, 5.41) is 30.5. The van der Waals surface area contributed by atoms with E-state index < -0.39 is 52.6 Å². The summed E-state index contributed by atoms with van der Waals surface area (Å²) < 4.78 is 40.7. The van der Waals surface area contributed by atoms with Crippen LogP contribution in [0.3, 0.4) is 0 Å². The van der Waals surface area contributed by atoms with Gasteiger partial charge in [-0.05, 0) is 67.8 Å². The molecule has 222 valence electrons. The van der Waals surface area contributed by atoms with Gasteiger partial charge in [-0.25, -0.2) is 9.69 Å². The van der Waals surface area contributed by atoms with Crippen LogP contribution in [0.4, 0.5) is 35.0 Å². The number of anilines is 3. The molecule has 4 rings (SSSR count). The van der Waals surface area contributed by atoms with Crippen LogP contribution in [0, 0.1) is 17.2 Å². The second-order valence-corrected chi connectivity index (χ2v) is 10.3. The van der Waals surface area contributed by atoms with Crippen molar-refractivity contribution in [2.45, 2.75) is 38.5 Å². The van der Waals surface area contributed by atoms with E-state index in [4.69, 9.17) is 15.5 Å². The van der Waals surface area contributed by atoms with Crippen molar-refractivity contribution in [3.8, 4) is 6.07 Å². The van der Waals surface area contributed by atoms with Gasteiger partial charge in [-0.3, -0.25) is 14.4 Å². The van der Waals surface area contributed by atoms with Crippen molar-refractivity contribution in [3.63, 3.8) is 0 Å². The van der Waals surface area contributed by atoms with Gasteiger partial charge in [0.1, 0.15) is 5.54 Å². The molecule has 1 heterocycles. The third-order valence-electron chi connectivity index (χ3n) is 7.13. The maximum atomic E-state index is 13.6. The molecule has 10 nitrogen and oxygen atoms in total. The summed E-state index contributed by atoms with van der Waals surface area (Å²) in [5.74, 6) is -5.22. The van der Waals surface area contributed by atoms with Crippen molar-refractivity contribution in [2.24, 2.45) is 5.92 Å². The van der Waals surface area contributed by atoms with Crippen molar-refractivity contribution in [3.05, 3.63) is 89.0 Å². The van der Waals surface area contributed by atoms with Crippen LogP contribution in [0.5, 0.6) is 0 Å². The number of carbonyl (C=O) groups excluding carboxylic acids is 2. The Morgan fingerprint density at radius 2 is 1.63 bits per heavy atom. The fourth-order valence-electron chi connectivity index (χ4n) is 4.68. The molecule has 43 heavy (non-hydrogen) atoms. The minimum absolute atomic E-state index is 0.0867. The molecule has 0 spiro atoms. The van der Waals surface area contributed by atoms with E-state index in [1.165, 1.54) is 24.8 Å². The van der Waals surface area contributed by atoms with E-state index >= 15 is 0 Å². The second-order valence-electron chi connectivity index (χ2n) is 10.3. The molecule has 0 atom stereocenters. The first-order valence-electron chi connectivity index (χ1n) is 12.8. The average molecular weight is 595 g/mol. The summed E-state index contributed by atoms with van der Waals surface area (Å²) in [7, 11) is 0. The van der Waals surface area contributed by atoms with Crippen LogP contribution < -0.4 is 10.2 Å². The third kappa shape index (κ3) is 6.13. The van der Waals surface area contributed by atoms with Gasteiger partial charge in [0.2, 0.25) is 0 Å². The van der Waals surface area contributed by atoms with Crippen LogP contribution in [0.1, 0.15) is 36.1 Å². The number of rotatable bonds is 9. The zero-order valence-corrected chi connectivity index (χ0v) is 22.8. The number of nitrogens with one attached hydrogen (secondary N) is 1. The van der Waals surface area contributed by atoms with Gasteiger partial charge in [0.25, 0.3) is 5.91 Å². The highest BCUT2D eigenvalue weighted by atomic mass is 19.4.